The van der Waals surface area contributed by atoms with Crippen LogP contribution in [-0.4, -0.2) is 26.2 Å². The van der Waals surface area contributed by atoms with Gasteiger partial charge in [0.2, 0.25) is 5.69 Å². The van der Waals surface area contributed by atoms with Crippen molar-refractivity contribution in [3.63, 3.8) is 0 Å². The van der Waals surface area contributed by atoms with Gasteiger partial charge in [-0.3, -0.25) is 4.79 Å². The number of aromatic carboxylic acids is 1. The summed E-state index contributed by atoms with van der Waals surface area (Å²) in [5.74, 6) is -1.55. The molecule has 0 atom stereocenters. The zero-order chi connectivity index (χ0) is 11.0. The molecule has 3 N–H and O–H groups in total. The van der Waals surface area contributed by atoms with Gasteiger partial charge in [0.1, 0.15) is 11.3 Å². The lowest BCUT2D eigenvalue weighted by atomic mass is 10.2. The second-order valence-electron chi connectivity index (χ2n) is 2.89. The average Bonchev–Trinajstić information content (AvgIpc) is 2.18. The third-order valence-corrected chi connectivity index (χ3v) is 1.91. The van der Waals surface area contributed by atoms with Crippen LogP contribution < -0.4 is 5.56 Å². The molecule has 0 radical (unpaired) electrons. The molecule has 0 unspecified atom stereocenters. The Bertz CT molecular complexity index is 603. The number of nitrogens with zero attached hydrogens (tertiary/aromatic N) is 1. The van der Waals surface area contributed by atoms with Crippen molar-refractivity contribution in [1.29, 1.82) is 0 Å². The lowest BCUT2D eigenvalue weighted by Crippen LogP contribution is -2.19. The van der Waals surface area contributed by atoms with Crippen molar-refractivity contribution in [1.82, 2.24) is 9.97 Å². The van der Waals surface area contributed by atoms with E-state index in [0.717, 1.165) is 0 Å². The molecule has 0 amide bonds. The first-order chi connectivity index (χ1) is 7.09. The number of hydrogen-bond donors (Lipinski definition) is 3. The van der Waals surface area contributed by atoms with Crippen molar-refractivity contribution in [2.45, 2.75) is 0 Å². The van der Waals surface area contributed by atoms with E-state index in [4.69, 9.17) is 5.11 Å². The molecule has 0 aliphatic carbocycles. The summed E-state index contributed by atoms with van der Waals surface area (Å²) in [5.41, 5.74) is -1.07. The molecule has 6 nitrogen and oxygen atoms in total. The van der Waals surface area contributed by atoms with Crippen LogP contribution in [0.3, 0.4) is 0 Å². The van der Waals surface area contributed by atoms with Crippen LogP contribution in [0.1, 0.15) is 10.5 Å². The summed E-state index contributed by atoms with van der Waals surface area (Å²) in [6.07, 6.45) is 0. The highest BCUT2D eigenvalue weighted by molar-refractivity contribution is 5.89. The Morgan fingerprint density at radius 1 is 1.40 bits per heavy atom. The number of phenols is 1. The minimum Gasteiger partial charge on any atom is -0.506 e. The van der Waals surface area contributed by atoms with Gasteiger partial charge in [-0.1, -0.05) is 6.07 Å². The minimum absolute atomic E-state index is 0.132. The Morgan fingerprint density at radius 3 is 2.80 bits per heavy atom. The van der Waals surface area contributed by atoms with E-state index in [-0.39, 0.29) is 16.8 Å². The predicted molar refractivity (Wildman–Crippen MR) is 51.0 cm³/mol. The summed E-state index contributed by atoms with van der Waals surface area (Å²) in [4.78, 5) is 27.7. The second-order valence-corrected chi connectivity index (χ2v) is 2.89. The number of phenolic OH excluding ortho intramolecular Hbond substituents is 1. The molecule has 2 rings (SSSR count). The summed E-state index contributed by atoms with van der Waals surface area (Å²) in [6, 6.07) is 4.38. The molecule has 0 aliphatic rings. The van der Waals surface area contributed by atoms with Crippen molar-refractivity contribution in [3.8, 4) is 5.75 Å². The summed E-state index contributed by atoms with van der Waals surface area (Å²) in [7, 11) is 0. The summed E-state index contributed by atoms with van der Waals surface area (Å²) < 4.78 is 0. The smallest absolute Gasteiger partial charge is 0.360 e. The van der Waals surface area contributed by atoms with Crippen LogP contribution in [0, 0.1) is 0 Å². The lowest BCUT2D eigenvalue weighted by molar-refractivity contribution is 0.0689. The molecule has 2 aromatic rings. The number of para-hydroxylation sites is 1. The Labute approximate surface area is 82.8 Å². The molecule has 0 fully saturated rings. The maximum atomic E-state index is 11.2. The van der Waals surface area contributed by atoms with E-state index in [9.17, 15) is 14.7 Å². The number of carboxylic acid groups (broad SMARTS) is 1. The van der Waals surface area contributed by atoms with Gasteiger partial charge in [0.25, 0.3) is 5.56 Å². The Kier molecular flexibility index (Phi) is 1.89. The number of aromatic nitrogens is 2. The van der Waals surface area contributed by atoms with Crippen LogP contribution in [0.25, 0.3) is 11.0 Å². The lowest BCUT2D eigenvalue weighted by Gasteiger charge is -2.00. The first-order valence-corrected chi connectivity index (χ1v) is 4.05. The monoisotopic (exact) mass is 206 g/mol. The number of benzene rings is 1. The van der Waals surface area contributed by atoms with E-state index >= 15 is 0 Å². The number of fused-ring (bicyclic) bond motifs is 1. The normalized spacial score (nSPS) is 10.4. The number of aromatic hydroxyl groups is 1. The van der Waals surface area contributed by atoms with Gasteiger partial charge >= 0.3 is 5.97 Å². The SMILES string of the molecule is O=C(O)c1nc2cccc(O)c2[nH]c1=O. The highest BCUT2D eigenvalue weighted by Gasteiger charge is 2.12. The fourth-order valence-corrected chi connectivity index (χ4v) is 1.24. The third-order valence-electron chi connectivity index (χ3n) is 1.91. The molecule has 0 aliphatic heterocycles. The van der Waals surface area contributed by atoms with Crippen molar-refractivity contribution in [2.75, 3.05) is 0 Å². The fourth-order valence-electron chi connectivity index (χ4n) is 1.24. The molecule has 1 heterocycles. The maximum absolute atomic E-state index is 11.2. The third kappa shape index (κ3) is 1.41. The molecule has 1 aromatic carbocycles. The van der Waals surface area contributed by atoms with E-state index in [1.165, 1.54) is 18.2 Å². The van der Waals surface area contributed by atoms with Gasteiger partial charge in [-0.15, -0.1) is 0 Å². The predicted octanol–water partition coefficient (Wildman–Crippen LogP) is 0.327. The van der Waals surface area contributed by atoms with Crippen LogP contribution in [0.5, 0.6) is 5.75 Å². The first kappa shape index (κ1) is 9.20. The van der Waals surface area contributed by atoms with Crippen LogP contribution in [0.15, 0.2) is 23.0 Å². The van der Waals surface area contributed by atoms with Gasteiger partial charge in [-0.2, -0.15) is 0 Å². The van der Waals surface area contributed by atoms with Crippen LogP contribution >= 0.6 is 0 Å². The molecular formula is C9H6N2O4. The van der Waals surface area contributed by atoms with Gasteiger partial charge in [-0.05, 0) is 12.1 Å². The fraction of sp³-hybridized carbons (Fsp3) is 0. The second kappa shape index (κ2) is 3.09. The molecule has 0 saturated heterocycles. The molecule has 0 saturated carbocycles. The van der Waals surface area contributed by atoms with Gasteiger partial charge in [0.15, 0.2) is 0 Å². The van der Waals surface area contributed by atoms with Crippen molar-refractivity contribution < 1.29 is 15.0 Å². The van der Waals surface area contributed by atoms with Crippen LogP contribution in [0.4, 0.5) is 0 Å². The summed E-state index contributed by atoms with van der Waals surface area (Å²) >= 11 is 0. The standard InChI is InChI=1S/C9H6N2O4/c12-5-3-1-2-4-6(5)11-8(13)7(10-4)9(14)15/h1-3,12H,(H,11,13)(H,14,15). The van der Waals surface area contributed by atoms with Crippen molar-refractivity contribution in [2.24, 2.45) is 0 Å². The van der Waals surface area contributed by atoms with Gasteiger partial charge < -0.3 is 15.2 Å². The van der Waals surface area contributed by atoms with Gasteiger partial charge in [-0.25, -0.2) is 9.78 Å². The van der Waals surface area contributed by atoms with Crippen molar-refractivity contribution >= 4 is 17.0 Å². The Balaban J connectivity index is 2.88. The quantitative estimate of drug-likeness (QED) is 0.623. The largest absolute Gasteiger partial charge is 0.506 e. The summed E-state index contributed by atoms with van der Waals surface area (Å²) in [6.45, 7) is 0. The average molecular weight is 206 g/mol. The van der Waals surface area contributed by atoms with Crippen LogP contribution in [0.2, 0.25) is 0 Å². The Hall–Kier alpha value is -2.37. The Morgan fingerprint density at radius 2 is 2.13 bits per heavy atom. The van der Waals surface area contributed by atoms with Gasteiger partial charge in [0.05, 0.1) is 5.52 Å². The number of carbonyl (C=O) groups is 1. The highest BCUT2D eigenvalue weighted by Crippen LogP contribution is 2.18. The molecule has 0 bridgehead atoms. The zero-order valence-electron chi connectivity index (χ0n) is 7.39. The van der Waals surface area contributed by atoms with Crippen molar-refractivity contribution in [3.05, 3.63) is 34.2 Å². The molecule has 1 aromatic heterocycles. The molecule has 76 valence electrons. The number of H-pyrrole nitrogens is 1. The number of carboxylic acids is 1. The van der Waals surface area contributed by atoms with E-state index in [0.29, 0.717) is 0 Å². The number of rotatable bonds is 1. The highest BCUT2D eigenvalue weighted by atomic mass is 16.4. The molecule has 6 heteroatoms. The summed E-state index contributed by atoms with van der Waals surface area (Å²) in [5, 5.41) is 18.0. The number of nitrogens with one attached hydrogen (secondary N) is 1. The maximum Gasteiger partial charge on any atom is 0.360 e. The zero-order valence-corrected chi connectivity index (χ0v) is 7.39. The van der Waals surface area contributed by atoms with Gasteiger partial charge in [0, 0.05) is 0 Å². The topological polar surface area (TPSA) is 103 Å². The molecule has 0 spiro atoms. The van der Waals surface area contributed by atoms with E-state index in [1.807, 2.05) is 0 Å². The van der Waals surface area contributed by atoms with Crippen LogP contribution in [-0.2, 0) is 0 Å². The molecule has 15 heavy (non-hydrogen) atoms. The number of hydrogen-bond acceptors (Lipinski definition) is 4. The first-order valence-electron chi connectivity index (χ1n) is 4.05. The molecular weight excluding hydrogens is 200 g/mol. The van der Waals surface area contributed by atoms with E-state index in [1.54, 1.807) is 0 Å². The minimum atomic E-state index is -1.40. The van der Waals surface area contributed by atoms with E-state index in [2.05, 4.69) is 9.97 Å². The number of aromatic amines is 1. The van der Waals surface area contributed by atoms with E-state index < -0.39 is 17.2 Å².